The summed E-state index contributed by atoms with van der Waals surface area (Å²) in [7, 11) is 1.54. The molecular formula is C18H17FN6O5S. The second-order valence-electron chi connectivity index (χ2n) is 5.99. The summed E-state index contributed by atoms with van der Waals surface area (Å²) in [6.45, 7) is 0.0301. The number of rotatable bonds is 9. The number of halogens is 1. The van der Waals surface area contributed by atoms with E-state index in [9.17, 15) is 19.3 Å². The topological polar surface area (TPSA) is 147 Å². The first-order chi connectivity index (χ1) is 14.9. The number of nitro groups is 1. The number of nitrogens with zero attached hydrogens (tertiary/aromatic N) is 4. The van der Waals surface area contributed by atoms with Crippen molar-refractivity contribution >= 4 is 29.0 Å². The van der Waals surface area contributed by atoms with Crippen LogP contribution in [0.4, 0.5) is 15.8 Å². The van der Waals surface area contributed by atoms with E-state index >= 15 is 0 Å². The third-order valence-corrected chi connectivity index (χ3v) is 4.85. The maximum atomic E-state index is 13.8. The predicted molar refractivity (Wildman–Crippen MR) is 110 cm³/mol. The fourth-order valence-corrected chi connectivity index (χ4v) is 3.06. The van der Waals surface area contributed by atoms with Gasteiger partial charge in [-0.2, -0.15) is 0 Å². The summed E-state index contributed by atoms with van der Waals surface area (Å²) in [5.74, 6) is 5.88. The van der Waals surface area contributed by atoms with Crippen LogP contribution in [-0.2, 0) is 11.4 Å². The average molecular weight is 448 g/mol. The number of nitrogen functional groups attached to an aromatic ring is 1. The highest BCUT2D eigenvalue weighted by molar-refractivity contribution is 7.99. The van der Waals surface area contributed by atoms with Gasteiger partial charge < -0.3 is 20.6 Å². The van der Waals surface area contributed by atoms with Crippen molar-refractivity contribution < 1.29 is 23.6 Å². The lowest BCUT2D eigenvalue weighted by atomic mass is 10.2. The highest BCUT2D eigenvalue weighted by atomic mass is 32.2. The van der Waals surface area contributed by atoms with Crippen molar-refractivity contribution in [2.75, 3.05) is 24.0 Å². The maximum Gasteiger partial charge on any atom is 0.271 e. The highest BCUT2D eigenvalue weighted by Gasteiger charge is 2.16. The molecule has 0 radical (unpaired) electrons. The SMILES string of the molecule is COc1cccc(OCc2nnc(SCC(=O)Nc3cc([N+](=O)[O-])ccc3F)n2N)c1. The molecule has 13 heteroatoms. The Labute approximate surface area is 179 Å². The average Bonchev–Trinajstić information content (AvgIpc) is 3.11. The number of nitrogens with one attached hydrogen (secondary N) is 1. The Morgan fingerprint density at radius 3 is 2.81 bits per heavy atom. The van der Waals surface area contributed by atoms with E-state index in [1.54, 1.807) is 31.4 Å². The van der Waals surface area contributed by atoms with E-state index in [-0.39, 0.29) is 28.9 Å². The molecule has 0 saturated carbocycles. The molecule has 0 aliphatic rings. The molecule has 3 rings (SSSR count). The fourth-order valence-electron chi connectivity index (χ4n) is 2.38. The zero-order valence-electron chi connectivity index (χ0n) is 16.1. The smallest absolute Gasteiger partial charge is 0.271 e. The van der Waals surface area contributed by atoms with Gasteiger partial charge in [-0.3, -0.25) is 14.9 Å². The molecule has 0 saturated heterocycles. The van der Waals surface area contributed by atoms with Gasteiger partial charge in [-0.05, 0) is 18.2 Å². The second kappa shape index (κ2) is 9.75. The van der Waals surface area contributed by atoms with Gasteiger partial charge in [0.1, 0.15) is 23.9 Å². The number of hydrogen-bond acceptors (Lipinski definition) is 9. The van der Waals surface area contributed by atoms with Crippen molar-refractivity contribution in [1.29, 1.82) is 0 Å². The van der Waals surface area contributed by atoms with Crippen LogP contribution in [0.5, 0.6) is 11.5 Å². The molecule has 3 N–H and O–H groups in total. The van der Waals surface area contributed by atoms with Crippen LogP contribution in [0, 0.1) is 15.9 Å². The van der Waals surface area contributed by atoms with Crippen molar-refractivity contribution in [3.8, 4) is 11.5 Å². The van der Waals surface area contributed by atoms with Crippen LogP contribution in [0.25, 0.3) is 0 Å². The number of nitrogens with two attached hydrogens (primary N) is 1. The van der Waals surface area contributed by atoms with Gasteiger partial charge in [-0.15, -0.1) is 10.2 Å². The number of ether oxygens (including phenoxy) is 2. The van der Waals surface area contributed by atoms with Gasteiger partial charge in [0.25, 0.3) is 5.69 Å². The minimum Gasteiger partial charge on any atom is -0.497 e. The molecule has 0 bridgehead atoms. The van der Waals surface area contributed by atoms with Crippen LogP contribution in [-0.4, -0.2) is 38.6 Å². The highest BCUT2D eigenvalue weighted by Crippen LogP contribution is 2.23. The first-order valence-electron chi connectivity index (χ1n) is 8.70. The van der Waals surface area contributed by atoms with Gasteiger partial charge in [-0.25, -0.2) is 9.07 Å². The Hall–Kier alpha value is -3.87. The zero-order valence-corrected chi connectivity index (χ0v) is 17.0. The molecule has 0 aliphatic carbocycles. The Balaban J connectivity index is 1.56. The monoisotopic (exact) mass is 448 g/mol. The van der Waals surface area contributed by atoms with Gasteiger partial charge >= 0.3 is 0 Å². The lowest BCUT2D eigenvalue weighted by Crippen LogP contribution is -2.18. The van der Waals surface area contributed by atoms with Crippen LogP contribution >= 0.6 is 11.8 Å². The molecule has 0 aliphatic heterocycles. The summed E-state index contributed by atoms with van der Waals surface area (Å²) in [6, 6.07) is 9.84. The van der Waals surface area contributed by atoms with Crippen molar-refractivity contribution in [3.05, 3.63) is 64.2 Å². The molecule has 1 amide bonds. The van der Waals surface area contributed by atoms with Gasteiger partial charge in [0.05, 0.1) is 23.5 Å². The number of anilines is 1. The molecule has 0 spiro atoms. The Bertz CT molecular complexity index is 1110. The molecule has 0 fully saturated rings. The Morgan fingerprint density at radius 1 is 1.29 bits per heavy atom. The molecule has 2 aromatic carbocycles. The first kappa shape index (κ1) is 21.8. The summed E-state index contributed by atoms with van der Waals surface area (Å²) in [5.41, 5.74) is -0.631. The predicted octanol–water partition coefficient (Wildman–Crippen LogP) is 2.36. The van der Waals surface area contributed by atoms with Gasteiger partial charge in [-0.1, -0.05) is 17.8 Å². The summed E-state index contributed by atoms with van der Waals surface area (Å²) < 4.78 is 25.7. The summed E-state index contributed by atoms with van der Waals surface area (Å²) in [4.78, 5) is 22.2. The minimum absolute atomic E-state index is 0.0301. The van der Waals surface area contributed by atoms with Crippen LogP contribution in [0.2, 0.25) is 0 Å². The van der Waals surface area contributed by atoms with E-state index in [0.29, 0.717) is 17.3 Å². The van der Waals surface area contributed by atoms with Crippen LogP contribution in [0.1, 0.15) is 5.82 Å². The van der Waals surface area contributed by atoms with Gasteiger partial charge in [0, 0.05) is 18.2 Å². The first-order valence-corrected chi connectivity index (χ1v) is 9.68. The number of amides is 1. The van der Waals surface area contributed by atoms with Gasteiger partial charge in [0.2, 0.25) is 11.1 Å². The number of hydrogen-bond donors (Lipinski definition) is 2. The normalized spacial score (nSPS) is 10.5. The van der Waals surface area contributed by atoms with E-state index in [1.807, 2.05) is 0 Å². The largest absolute Gasteiger partial charge is 0.497 e. The second-order valence-corrected chi connectivity index (χ2v) is 6.94. The number of carbonyl (C=O) groups excluding carboxylic acids is 1. The van der Waals surface area contributed by atoms with Crippen LogP contribution in [0.15, 0.2) is 47.6 Å². The summed E-state index contributed by atoms with van der Waals surface area (Å²) >= 11 is 0.960. The van der Waals surface area contributed by atoms with Crippen molar-refractivity contribution in [3.63, 3.8) is 0 Å². The number of nitro benzene ring substituents is 1. The van der Waals surface area contributed by atoms with Crippen LogP contribution < -0.4 is 20.6 Å². The van der Waals surface area contributed by atoms with E-state index in [0.717, 1.165) is 30.0 Å². The molecule has 31 heavy (non-hydrogen) atoms. The molecule has 3 aromatic rings. The zero-order chi connectivity index (χ0) is 22.4. The Kier molecular flexibility index (Phi) is 6.87. The third-order valence-electron chi connectivity index (χ3n) is 3.91. The number of non-ortho nitro benzene ring substituents is 1. The molecule has 11 nitrogen and oxygen atoms in total. The quantitative estimate of drug-likeness (QED) is 0.218. The number of methoxy groups -OCH3 is 1. The number of aromatic nitrogens is 3. The Morgan fingerprint density at radius 2 is 2.06 bits per heavy atom. The van der Waals surface area contributed by atoms with Crippen molar-refractivity contribution in [2.24, 2.45) is 0 Å². The molecule has 162 valence electrons. The van der Waals surface area contributed by atoms with Crippen molar-refractivity contribution in [2.45, 2.75) is 11.8 Å². The summed E-state index contributed by atoms with van der Waals surface area (Å²) in [5, 5.41) is 21.1. The standard InChI is InChI=1S/C18H17FN6O5S/c1-29-12-3-2-4-13(8-12)30-9-16-22-23-18(24(16)20)31-10-17(26)21-15-7-11(25(27)28)5-6-14(15)19/h2-8H,9-10,20H2,1H3,(H,21,26). The van der Waals surface area contributed by atoms with Gasteiger partial charge in [0.15, 0.2) is 5.82 Å². The van der Waals surface area contributed by atoms with E-state index in [2.05, 4.69) is 15.5 Å². The number of benzene rings is 2. The molecule has 0 atom stereocenters. The molecular weight excluding hydrogens is 431 g/mol. The van der Waals surface area contributed by atoms with E-state index in [1.165, 1.54) is 4.68 Å². The molecule has 0 unspecified atom stereocenters. The lowest BCUT2D eigenvalue weighted by Gasteiger charge is -2.08. The third kappa shape index (κ3) is 5.60. The molecule has 1 aromatic heterocycles. The fraction of sp³-hybridized carbons (Fsp3) is 0.167. The van der Waals surface area contributed by atoms with E-state index < -0.39 is 16.6 Å². The lowest BCUT2D eigenvalue weighted by molar-refractivity contribution is -0.384. The van der Waals surface area contributed by atoms with Crippen LogP contribution in [0.3, 0.4) is 0 Å². The summed E-state index contributed by atoms with van der Waals surface area (Å²) in [6.07, 6.45) is 0. The number of thioether (sulfide) groups is 1. The number of carbonyl (C=O) groups is 1. The van der Waals surface area contributed by atoms with E-state index in [4.69, 9.17) is 15.3 Å². The van der Waals surface area contributed by atoms with Crippen molar-refractivity contribution in [1.82, 2.24) is 14.9 Å². The minimum atomic E-state index is -0.789. The maximum absolute atomic E-state index is 13.8. The molecule has 1 heterocycles.